The minimum atomic E-state index is 0.377. The maximum atomic E-state index is 4.64. The van der Waals surface area contributed by atoms with Gasteiger partial charge in [-0.1, -0.05) is 22.0 Å². The Morgan fingerprint density at radius 2 is 2.19 bits per heavy atom. The quantitative estimate of drug-likeness (QED) is 0.937. The molecule has 1 aromatic heterocycles. The topological polar surface area (TPSA) is 29.9 Å². The standard InChI is InChI=1S/C12H16BrN3/c1-8(2)16-11(7-14-3)12-9(13)5-4-6-10(12)15-16/h4-6,8,14H,7H2,1-3H3. The molecule has 16 heavy (non-hydrogen) atoms. The first-order valence-electron chi connectivity index (χ1n) is 5.45. The molecule has 0 bridgehead atoms. The molecule has 0 unspecified atom stereocenters. The Morgan fingerprint density at radius 3 is 2.81 bits per heavy atom. The summed E-state index contributed by atoms with van der Waals surface area (Å²) in [6.07, 6.45) is 0. The molecule has 0 spiro atoms. The number of nitrogens with one attached hydrogen (secondary N) is 1. The summed E-state index contributed by atoms with van der Waals surface area (Å²) in [7, 11) is 1.96. The van der Waals surface area contributed by atoms with Gasteiger partial charge in [-0.25, -0.2) is 0 Å². The van der Waals surface area contributed by atoms with Crippen LogP contribution in [0.25, 0.3) is 10.9 Å². The highest BCUT2D eigenvalue weighted by Crippen LogP contribution is 2.28. The van der Waals surface area contributed by atoms with E-state index in [1.807, 2.05) is 13.1 Å². The van der Waals surface area contributed by atoms with Crippen molar-refractivity contribution in [3.63, 3.8) is 0 Å². The van der Waals surface area contributed by atoms with Gasteiger partial charge in [-0.05, 0) is 33.0 Å². The van der Waals surface area contributed by atoms with Crippen molar-refractivity contribution < 1.29 is 0 Å². The van der Waals surface area contributed by atoms with Crippen LogP contribution in [0.4, 0.5) is 0 Å². The molecular weight excluding hydrogens is 266 g/mol. The highest BCUT2D eigenvalue weighted by Gasteiger charge is 2.14. The summed E-state index contributed by atoms with van der Waals surface area (Å²) in [4.78, 5) is 0. The summed E-state index contributed by atoms with van der Waals surface area (Å²) in [5, 5.41) is 9.05. The van der Waals surface area contributed by atoms with Gasteiger partial charge in [0.05, 0.1) is 11.2 Å². The van der Waals surface area contributed by atoms with Gasteiger partial charge in [-0.15, -0.1) is 0 Å². The maximum Gasteiger partial charge on any atom is 0.0938 e. The third-order valence-electron chi connectivity index (χ3n) is 2.61. The van der Waals surface area contributed by atoms with Gasteiger partial charge >= 0.3 is 0 Å². The lowest BCUT2D eigenvalue weighted by Crippen LogP contribution is -2.14. The van der Waals surface area contributed by atoms with Crippen molar-refractivity contribution in [3.05, 3.63) is 28.4 Å². The smallest absolute Gasteiger partial charge is 0.0938 e. The van der Waals surface area contributed by atoms with Crippen molar-refractivity contribution in [3.8, 4) is 0 Å². The lowest BCUT2D eigenvalue weighted by molar-refractivity contribution is 0.507. The molecule has 86 valence electrons. The summed E-state index contributed by atoms with van der Waals surface area (Å²) in [6, 6.07) is 6.52. The van der Waals surface area contributed by atoms with E-state index in [2.05, 4.69) is 57.0 Å². The normalized spacial score (nSPS) is 11.6. The predicted octanol–water partition coefficient (Wildman–Crippen LogP) is 3.10. The van der Waals surface area contributed by atoms with Crippen LogP contribution in [0.2, 0.25) is 0 Å². The van der Waals surface area contributed by atoms with Gasteiger partial charge in [0.2, 0.25) is 0 Å². The number of rotatable bonds is 3. The van der Waals surface area contributed by atoms with Crippen LogP contribution in [-0.4, -0.2) is 16.8 Å². The van der Waals surface area contributed by atoms with E-state index in [9.17, 15) is 0 Å². The van der Waals surface area contributed by atoms with E-state index in [0.717, 1.165) is 16.5 Å². The van der Waals surface area contributed by atoms with E-state index in [1.54, 1.807) is 0 Å². The molecule has 2 rings (SSSR count). The van der Waals surface area contributed by atoms with Crippen LogP contribution in [-0.2, 0) is 6.54 Å². The monoisotopic (exact) mass is 281 g/mol. The van der Waals surface area contributed by atoms with Crippen LogP contribution in [0, 0.1) is 0 Å². The zero-order valence-corrected chi connectivity index (χ0v) is 11.4. The minimum Gasteiger partial charge on any atom is -0.314 e. The SMILES string of the molecule is CNCc1c2c(Br)cccc2nn1C(C)C. The Balaban J connectivity index is 2.72. The van der Waals surface area contributed by atoms with E-state index in [1.165, 1.54) is 11.1 Å². The second-order valence-electron chi connectivity index (χ2n) is 4.15. The molecule has 0 fully saturated rings. The van der Waals surface area contributed by atoms with E-state index in [4.69, 9.17) is 0 Å². The molecule has 1 aromatic carbocycles. The van der Waals surface area contributed by atoms with Gasteiger partial charge in [0.15, 0.2) is 0 Å². The summed E-state index contributed by atoms with van der Waals surface area (Å²) in [6.45, 7) is 5.13. The van der Waals surface area contributed by atoms with Crippen molar-refractivity contribution in [1.82, 2.24) is 15.1 Å². The summed E-state index contributed by atoms with van der Waals surface area (Å²) >= 11 is 3.60. The molecule has 4 heteroatoms. The van der Waals surface area contributed by atoms with Gasteiger partial charge in [-0.3, -0.25) is 4.68 Å². The van der Waals surface area contributed by atoms with Gasteiger partial charge in [0, 0.05) is 22.4 Å². The fourth-order valence-electron chi connectivity index (χ4n) is 1.94. The summed E-state index contributed by atoms with van der Waals surface area (Å²) < 4.78 is 3.20. The molecule has 0 radical (unpaired) electrons. The van der Waals surface area contributed by atoms with Gasteiger partial charge in [-0.2, -0.15) is 5.10 Å². The molecule has 3 nitrogen and oxygen atoms in total. The first kappa shape index (κ1) is 11.6. The molecule has 1 heterocycles. The Hall–Kier alpha value is -0.870. The Kier molecular flexibility index (Phi) is 3.30. The zero-order valence-electron chi connectivity index (χ0n) is 9.79. The average molecular weight is 282 g/mol. The van der Waals surface area contributed by atoms with E-state index >= 15 is 0 Å². The molecule has 0 atom stereocenters. The molecule has 1 N–H and O–H groups in total. The third-order valence-corrected chi connectivity index (χ3v) is 3.27. The van der Waals surface area contributed by atoms with Crippen LogP contribution < -0.4 is 5.32 Å². The number of nitrogens with zero attached hydrogens (tertiary/aromatic N) is 2. The predicted molar refractivity (Wildman–Crippen MR) is 70.6 cm³/mol. The molecule has 0 aliphatic rings. The second kappa shape index (κ2) is 4.55. The van der Waals surface area contributed by atoms with Crippen molar-refractivity contribution in [2.24, 2.45) is 0 Å². The van der Waals surface area contributed by atoms with Crippen LogP contribution in [0.1, 0.15) is 25.6 Å². The van der Waals surface area contributed by atoms with Gasteiger partial charge in [0.25, 0.3) is 0 Å². The van der Waals surface area contributed by atoms with Gasteiger partial charge < -0.3 is 5.32 Å². The fourth-order valence-corrected chi connectivity index (χ4v) is 2.52. The molecule has 0 aliphatic carbocycles. The lowest BCUT2D eigenvalue weighted by Gasteiger charge is -2.10. The van der Waals surface area contributed by atoms with Crippen molar-refractivity contribution >= 4 is 26.8 Å². The Bertz CT molecular complexity index is 502. The number of benzene rings is 1. The number of aromatic nitrogens is 2. The fraction of sp³-hybridized carbons (Fsp3) is 0.417. The van der Waals surface area contributed by atoms with E-state index in [-0.39, 0.29) is 0 Å². The lowest BCUT2D eigenvalue weighted by atomic mass is 10.2. The van der Waals surface area contributed by atoms with Crippen molar-refractivity contribution in [1.29, 1.82) is 0 Å². The molecule has 0 aliphatic heterocycles. The summed E-state index contributed by atoms with van der Waals surface area (Å²) in [5.74, 6) is 0. The zero-order chi connectivity index (χ0) is 11.7. The molecule has 0 saturated heterocycles. The van der Waals surface area contributed by atoms with E-state index in [0.29, 0.717) is 6.04 Å². The number of hydrogen-bond acceptors (Lipinski definition) is 2. The Morgan fingerprint density at radius 1 is 1.44 bits per heavy atom. The second-order valence-corrected chi connectivity index (χ2v) is 5.00. The van der Waals surface area contributed by atoms with Crippen LogP contribution in [0.5, 0.6) is 0 Å². The van der Waals surface area contributed by atoms with Crippen LogP contribution in [0.15, 0.2) is 22.7 Å². The number of fused-ring (bicyclic) bond motifs is 1. The maximum absolute atomic E-state index is 4.64. The highest BCUT2D eigenvalue weighted by atomic mass is 79.9. The van der Waals surface area contributed by atoms with Crippen LogP contribution >= 0.6 is 15.9 Å². The highest BCUT2D eigenvalue weighted by molar-refractivity contribution is 9.10. The largest absolute Gasteiger partial charge is 0.314 e. The summed E-state index contributed by atoms with van der Waals surface area (Å²) in [5.41, 5.74) is 2.29. The third kappa shape index (κ3) is 1.87. The minimum absolute atomic E-state index is 0.377. The first-order valence-corrected chi connectivity index (χ1v) is 6.24. The Labute approximate surface area is 104 Å². The number of halogens is 1. The number of hydrogen-bond donors (Lipinski definition) is 1. The molecular formula is C12H16BrN3. The average Bonchev–Trinajstić information content (AvgIpc) is 2.59. The van der Waals surface area contributed by atoms with Crippen LogP contribution in [0.3, 0.4) is 0 Å². The molecule has 2 aromatic rings. The molecule has 0 saturated carbocycles. The van der Waals surface area contributed by atoms with Crippen molar-refractivity contribution in [2.45, 2.75) is 26.4 Å². The van der Waals surface area contributed by atoms with E-state index < -0.39 is 0 Å². The molecule has 0 amide bonds. The first-order chi connectivity index (χ1) is 7.65. The van der Waals surface area contributed by atoms with Crippen molar-refractivity contribution in [2.75, 3.05) is 7.05 Å². The van der Waals surface area contributed by atoms with Gasteiger partial charge in [0.1, 0.15) is 0 Å².